The molecule has 0 radical (unpaired) electrons. The molecule has 0 saturated carbocycles. The van der Waals surface area contributed by atoms with Crippen molar-refractivity contribution in [2.75, 3.05) is 152 Å². The number of unbranched alkanes of at least 4 members (excludes halogenated alkanes) is 8. The highest BCUT2D eigenvalue weighted by Gasteiger charge is 2.32. The van der Waals surface area contributed by atoms with Gasteiger partial charge in [0.2, 0.25) is 0 Å². The molecule has 1 heterocycles. The van der Waals surface area contributed by atoms with E-state index < -0.39 is 30.0 Å². The predicted octanol–water partition coefficient (Wildman–Crippen LogP) is 4.20. The van der Waals surface area contributed by atoms with E-state index in [0.717, 1.165) is 38.7 Å². The van der Waals surface area contributed by atoms with Crippen LogP contribution in [0.5, 0.6) is 0 Å². The summed E-state index contributed by atoms with van der Waals surface area (Å²) in [5, 5.41) is 3.27. The molecule has 364 valence electrons. The van der Waals surface area contributed by atoms with Gasteiger partial charge in [-0.05, 0) is 32.1 Å². The molecular formula is C43H80N2O17. The molecule has 0 aromatic heterocycles. The highest BCUT2D eigenvalue weighted by atomic mass is 16.7. The molecule has 1 unspecified atom stereocenters. The quantitative estimate of drug-likeness (QED) is 0.0672. The van der Waals surface area contributed by atoms with E-state index in [4.69, 9.17) is 61.7 Å². The number of hydrogen-bond acceptors (Lipinski definition) is 17. The van der Waals surface area contributed by atoms with E-state index in [2.05, 4.69) is 12.2 Å². The van der Waals surface area contributed by atoms with Gasteiger partial charge in [0.1, 0.15) is 0 Å². The second kappa shape index (κ2) is 45.0. The Balaban J connectivity index is 2.16. The first-order valence-corrected chi connectivity index (χ1v) is 22.7. The van der Waals surface area contributed by atoms with Crippen molar-refractivity contribution in [1.29, 1.82) is 0 Å². The van der Waals surface area contributed by atoms with Crippen molar-refractivity contribution in [3.05, 3.63) is 0 Å². The average Bonchev–Trinajstić information content (AvgIpc) is 3.58. The van der Waals surface area contributed by atoms with Crippen molar-refractivity contribution in [3.8, 4) is 0 Å². The summed E-state index contributed by atoms with van der Waals surface area (Å²) in [6.45, 7) is 12.7. The molecule has 0 spiro atoms. The van der Waals surface area contributed by atoms with Crippen LogP contribution < -0.4 is 5.32 Å². The van der Waals surface area contributed by atoms with Gasteiger partial charge in [-0.2, -0.15) is 0 Å². The number of hydrogen-bond donors (Lipinski definition) is 1. The van der Waals surface area contributed by atoms with E-state index in [1.54, 1.807) is 7.11 Å². The number of imide groups is 1. The SMILES string of the molecule is CCCCCCOCCOCCOCCOCCOCC(COCCCCCCOCCOCCOCCOCCOC)OC(=O)NCCCCCC(=O)ON1C(=O)CCC1=O. The second-order valence-corrected chi connectivity index (χ2v) is 14.3. The minimum atomic E-state index is -0.644. The Kier molecular flexibility index (Phi) is 41.7. The molecule has 1 N–H and O–H groups in total. The lowest BCUT2D eigenvalue weighted by molar-refractivity contribution is -0.197. The van der Waals surface area contributed by atoms with Crippen LogP contribution in [0, 0.1) is 0 Å². The molecule has 62 heavy (non-hydrogen) atoms. The van der Waals surface area contributed by atoms with Gasteiger partial charge in [-0.1, -0.05) is 45.4 Å². The van der Waals surface area contributed by atoms with Crippen molar-refractivity contribution in [2.24, 2.45) is 0 Å². The highest BCUT2D eigenvalue weighted by molar-refractivity contribution is 6.01. The van der Waals surface area contributed by atoms with Gasteiger partial charge < -0.3 is 67.0 Å². The van der Waals surface area contributed by atoms with E-state index in [1.165, 1.54) is 19.3 Å². The van der Waals surface area contributed by atoms with Gasteiger partial charge in [0.15, 0.2) is 6.10 Å². The molecule has 1 aliphatic rings. The van der Waals surface area contributed by atoms with Gasteiger partial charge in [0.05, 0.1) is 119 Å². The number of alkyl carbamates (subject to hydrolysis) is 1. The first-order chi connectivity index (χ1) is 30.5. The standard InChI is InChI=1S/C43H80N2O17/c1-3-4-5-11-18-51-23-25-54-30-32-57-33-34-58-35-36-60-38-39(61-43(49)44-17-10-8-9-14-42(48)62-45-40(46)15-16-41(45)47)37-59-20-13-7-6-12-19-52-24-26-55-29-31-56-28-27-53-22-21-50-2/h39H,3-38H2,1-2H3,(H,44,49). The summed E-state index contributed by atoms with van der Waals surface area (Å²) in [5.41, 5.74) is 0. The summed E-state index contributed by atoms with van der Waals surface area (Å²) < 4.78 is 66.3. The third kappa shape index (κ3) is 37.9. The summed E-state index contributed by atoms with van der Waals surface area (Å²) >= 11 is 0. The zero-order chi connectivity index (χ0) is 44.8. The molecule has 0 aromatic carbocycles. The van der Waals surface area contributed by atoms with Crippen molar-refractivity contribution >= 4 is 23.9 Å². The van der Waals surface area contributed by atoms with Gasteiger partial charge in [-0.3, -0.25) is 9.59 Å². The third-order valence-electron chi connectivity index (χ3n) is 8.91. The lowest BCUT2D eigenvalue weighted by atomic mass is 10.2. The zero-order valence-corrected chi connectivity index (χ0v) is 37.9. The number of carbonyl (C=O) groups excluding carboxylic acids is 4. The Bertz CT molecular complexity index is 1040. The zero-order valence-electron chi connectivity index (χ0n) is 37.9. The molecule has 0 bridgehead atoms. The van der Waals surface area contributed by atoms with E-state index in [-0.39, 0.29) is 32.5 Å². The molecule has 1 fully saturated rings. The van der Waals surface area contributed by atoms with Crippen molar-refractivity contribution < 1.29 is 80.9 Å². The van der Waals surface area contributed by atoms with Crippen LogP contribution in [0.4, 0.5) is 4.79 Å². The minimum Gasteiger partial charge on any atom is -0.441 e. The third-order valence-corrected chi connectivity index (χ3v) is 8.91. The normalized spacial score (nSPS) is 13.3. The van der Waals surface area contributed by atoms with Crippen LogP contribution in [-0.4, -0.2) is 187 Å². The summed E-state index contributed by atoms with van der Waals surface area (Å²) in [6.07, 6.45) is 9.13. The van der Waals surface area contributed by atoms with Gasteiger partial charge in [0.25, 0.3) is 11.8 Å². The smallest absolute Gasteiger partial charge is 0.407 e. The van der Waals surface area contributed by atoms with Crippen molar-refractivity contribution in [1.82, 2.24) is 10.4 Å². The molecule has 3 amide bonds. The second-order valence-electron chi connectivity index (χ2n) is 14.3. The largest absolute Gasteiger partial charge is 0.441 e. The van der Waals surface area contributed by atoms with Gasteiger partial charge in [0, 0.05) is 52.7 Å². The number of rotatable bonds is 48. The average molecular weight is 897 g/mol. The number of methoxy groups -OCH3 is 1. The number of nitrogens with one attached hydrogen (secondary N) is 1. The van der Waals surface area contributed by atoms with Crippen molar-refractivity contribution in [3.63, 3.8) is 0 Å². The van der Waals surface area contributed by atoms with Gasteiger partial charge in [-0.15, -0.1) is 5.06 Å². The molecule has 1 rings (SSSR count). The van der Waals surface area contributed by atoms with E-state index in [0.29, 0.717) is 150 Å². The van der Waals surface area contributed by atoms with Crippen LogP contribution >= 0.6 is 0 Å². The van der Waals surface area contributed by atoms with Gasteiger partial charge >= 0.3 is 12.1 Å². The number of nitrogens with zero attached hydrogens (tertiary/aromatic N) is 1. The number of ether oxygens (including phenoxy) is 12. The van der Waals surface area contributed by atoms with E-state index >= 15 is 0 Å². The molecular weight excluding hydrogens is 816 g/mol. The summed E-state index contributed by atoms with van der Waals surface area (Å²) in [6, 6.07) is 0. The highest BCUT2D eigenvalue weighted by Crippen LogP contribution is 2.13. The van der Waals surface area contributed by atoms with Crippen LogP contribution in [-0.2, 0) is 76.1 Å². The molecule has 1 atom stereocenters. The Morgan fingerprint density at radius 3 is 1.35 bits per heavy atom. The fourth-order valence-corrected chi connectivity index (χ4v) is 5.48. The first kappa shape index (κ1) is 57.5. The fraction of sp³-hybridized carbons (Fsp3) is 0.907. The number of carbonyl (C=O) groups is 4. The Hall–Kier alpha value is -2.56. The molecule has 1 aliphatic heterocycles. The molecule has 19 nitrogen and oxygen atoms in total. The summed E-state index contributed by atoms with van der Waals surface area (Å²) in [4.78, 5) is 52.6. The van der Waals surface area contributed by atoms with Crippen LogP contribution in [0.2, 0.25) is 0 Å². The first-order valence-electron chi connectivity index (χ1n) is 22.7. The maximum atomic E-state index is 12.6. The maximum Gasteiger partial charge on any atom is 0.407 e. The molecule has 0 aromatic rings. The topological polar surface area (TPSA) is 204 Å². The van der Waals surface area contributed by atoms with Crippen LogP contribution in [0.1, 0.15) is 96.8 Å². The molecule has 0 aliphatic carbocycles. The van der Waals surface area contributed by atoms with E-state index in [1.807, 2.05) is 0 Å². The van der Waals surface area contributed by atoms with Crippen molar-refractivity contribution in [2.45, 2.75) is 103 Å². The molecule has 19 heteroatoms. The van der Waals surface area contributed by atoms with Crippen LogP contribution in [0.25, 0.3) is 0 Å². The van der Waals surface area contributed by atoms with Gasteiger partial charge in [-0.25, -0.2) is 9.59 Å². The Labute approximate surface area is 369 Å². The van der Waals surface area contributed by atoms with Crippen LogP contribution in [0.3, 0.4) is 0 Å². The molecule has 1 saturated heterocycles. The Morgan fingerprint density at radius 2 is 0.887 bits per heavy atom. The summed E-state index contributed by atoms with van der Waals surface area (Å²) in [5.74, 6) is -1.67. The fourth-order valence-electron chi connectivity index (χ4n) is 5.48. The minimum absolute atomic E-state index is 0.0474. The number of hydroxylamine groups is 2. The lowest BCUT2D eigenvalue weighted by Gasteiger charge is -2.19. The predicted molar refractivity (Wildman–Crippen MR) is 227 cm³/mol. The maximum absolute atomic E-state index is 12.6. The summed E-state index contributed by atoms with van der Waals surface area (Å²) in [7, 11) is 1.64. The number of amides is 3. The van der Waals surface area contributed by atoms with Crippen LogP contribution in [0.15, 0.2) is 0 Å². The lowest BCUT2D eigenvalue weighted by Crippen LogP contribution is -2.35. The Morgan fingerprint density at radius 1 is 0.500 bits per heavy atom. The monoisotopic (exact) mass is 897 g/mol. The van der Waals surface area contributed by atoms with E-state index in [9.17, 15) is 19.2 Å².